The van der Waals surface area contributed by atoms with Gasteiger partial charge in [-0.3, -0.25) is 0 Å². The van der Waals surface area contributed by atoms with Crippen LogP contribution in [0.25, 0.3) is 5.57 Å². The topological polar surface area (TPSA) is 65.0 Å². The van der Waals surface area contributed by atoms with Crippen LogP contribution in [-0.4, -0.2) is 37.5 Å². The molecule has 150 valence electrons. The van der Waals surface area contributed by atoms with Gasteiger partial charge in [-0.2, -0.15) is 0 Å². The number of carboxylic acids is 1. The Hall–Kier alpha value is -2.27. The highest BCUT2D eigenvalue weighted by atomic mass is 16.5. The van der Waals surface area contributed by atoms with E-state index in [-0.39, 0.29) is 0 Å². The van der Waals surface area contributed by atoms with E-state index < -0.39 is 12.6 Å². The van der Waals surface area contributed by atoms with Gasteiger partial charge in [-0.1, -0.05) is 39.0 Å². The highest BCUT2D eigenvalue weighted by Crippen LogP contribution is 2.32. The van der Waals surface area contributed by atoms with Crippen LogP contribution < -0.4 is 9.47 Å². The molecule has 0 unspecified atom stereocenters. The first-order valence-corrected chi connectivity index (χ1v) is 9.45. The van der Waals surface area contributed by atoms with Gasteiger partial charge in [0.25, 0.3) is 0 Å². The predicted molar refractivity (Wildman–Crippen MR) is 108 cm³/mol. The maximum Gasteiger partial charge on any atom is 0.341 e. The average Bonchev–Trinajstić information content (AvgIpc) is 2.60. The third-order valence-electron chi connectivity index (χ3n) is 3.52. The number of ether oxygens (including phenoxy) is 3. The van der Waals surface area contributed by atoms with Gasteiger partial charge >= 0.3 is 5.97 Å². The van der Waals surface area contributed by atoms with Crippen LogP contribution in [-0.2, 0) is 9.53 Å². The number of allylic oxidation sites excluding steroid dienone is 3. The fourth-order valence-corrected chi connectivity index (χ4v) is 2.49. The molecule has 0 heterocycles. The van der Waals surface area contributed by atoms with Crippen LogP contribution in [0.15, 0.2) is 35.9 Å². The molecule has 0 aromatic heterocycles. The minimum atomic E-state index is -1.02. The smallest absolute Gasteiger partial charge is 0.341 e. The Balaban J connectivity index is 3.16. The molecule has 0 amide bonds. The second-order valence-corrected chi connectivity index (χ2v) is 6.69. The van der Waals surface area contributed by atoms with Crippen LogP contribution in [0.5, 0.6) is 11.5 Å². The lowest BCUT2D eigenvalue weighted by atomic mass is 9.99. The van der Waals surface area contributed by atoms with Crippen molar-refractivity contribution in [2.75, 3.05) is 26.4 Å². The molecular formula is C22H32O5. The summed E-state index contributed by atoms with van der Waals surface area (Å²) in [6.45, 7) is 11.7. The summed E-state index contributed by atoms with van der Waals surface area (Å²) in [7, 11) is 0. The Kier molecular flexibility index (Phi) is 10.3. The molecular weight excluding hydrogens is 344 g/mol. The second kappa shape index (κ2) is 12.2. The summed E-state index contributed by atoms with van der Waals surface area (Å²) in [6, 6.07) is 5.57. The molecule has 0 radical (unpaired) electrons. The number of hydrogen-bond donors (Lipinski definition) is 1. The second-order valence-electron chi connectivity index (χ2n) is 6.69. The van der Waals surface area contributed by atoms with E-state index in [1.165, 1.54) is 0 Å². The zero-order valence-corrected chi connectivity index (χ0v) is 17.1. The summed E-state index contributed by atoms with van der Waals surface area (Å²) in [6.07, 6.45) is 5.31. The van der Waals surface area contributed by atoms with E-state index in [9.17, 15) is 4.79 Å². The van der Waals surface area contributed by atoms with Gasteiger partial charge in [0.05, 0.1) is 13.2 Å². The quantitative estimate of drug-likeness (QED) is 0.412. The first-order chi connectivity index (χ1) is 12.9. The molecule has 27 heavy (non-hydrogen) atoms. The van der Waals surface area contributed by atoms with E-state index in [0.29, 0.717) is 30.6 Å². The number of rotatable bonds is 12. The molecule has 1 rings (SSSR count). The lowest BCUT2D eigenvalue weighted by Crippen LogP contribution is -2.10. The number of aliphatic carboxylic acids is 1. The number of hydrogen-bond acceptors (Lipinski definition) is 4. The van der Waals surface area contributed by atoms with Crippen LogP contribution >= 0.6 is 0 Å². The summed E-state index contributed by atoms with van der Waals surface area (Å²) in [4.78, 5) is 10.8. The van der Waals surface area contributed by atoms with Crippen molar-refractivity contribution in [2.45, 2.75) is 41.0 Å². The van der Waals surface area contributed by atoms with E-state index in [1.807, 2.05) is 19.1 Å². The first kappa shape index (κ1) is 22.8. The van der Waals surface area contributed by atoms with Gasteiger partial charge in [-0.15, -0.1) is 0 Å². The summed E-state index contributed by atoms with van der Waals surface area (Å²) in [5, 5.41) is 8.83. The van der Waals surface area contributed by atoms with Crippen molar-refractivity contribution in [2.24, 2.45) is 5.92 Å². The van der Waals surface area contributed by atoms with Crippen molar-refractivity contribution in [1.82, 2.24) is 0 Å². The molecule has 0 aliphatic carbocycles. The van der Waals surface area contributed by atoms with Crippen molar-refractivity contribution in [3.05, 3.63) is 41.5 Å². The Morgan fingerprint density at radius 2 is 1.89 bits per heavy atom. The highest BCUT2D eigenvalue weighted by molar-refractivity contribution is 5.76. The Bertz CT molecular complexity index is 659. The van der Waals surface area contributed by atoms with E-state index in [2.05, 4.69) is 39.8 Å². The predicted octanol–water partition coefficient (Wildman–Crippen LogP) is 4.96. The zero-order valence-electron chi connectivity index (χ0n) is 17.1. The molecule has 0 saturated carbocycles. The number of carbonyl (C=O) groups is 1. The maximum atomic E-state index is 10.8. The van der Waals surface area contributed by atoms with Crippen LogP contribution in [0.1, 0.15) is 46.6 Å². The largest absolute Gasteiger partial charge is 0.490 e. The van der Waals surface area contributed by atoms with Crippen LogP contribution in [0.2, 0.25) is 0 Å². The molecule has 5 heteroatoms. The summed E-state index contributed by atoms with van der Waals surface area (Å²) in [5.41, 5.74) is 3.21. The molecule has 1 aromatic carbocycles. The van der Waals surface area contributed by atoms with Crippen LogP contribution in [0.3, 0.4) is 0 Å². The first-order valence-electron chi connectivity index (χ1n) is 9.45. The van der Waals surface area contributed by atoms with Crippen molar-refractivity contribution >= 4 is 11.5 Å². The van der Waals surface area contributed by atoms with Gasteiger partial charge in [0, 0.05) is 6.61 Å². The van der Waals surface area contributed by atoms with E-state index in [4.69, 9.17) is 19.3 Å². The number of carboxylic acid groups (broad SMARTS) is 1. The minimum absolute atomic E-state index is 0.374. The minimum Gasteiger partial charge on any atom is -0.490 e. The zero-order chi connectivity index (χ0) is 20.2. The molecule has 0 fully saturated rings. The number of benzene rings is 1. The SMILES string of the molecule is CCCOC/C(C)=C\C(=C/C(C)C)c1ccc(OCC(=O)O)c(OCC)c1. The van der Waals surface area contributed by atoms with E-state index in [1.54, 1.807) is 6.07 Å². The Morgan fingerprint density at radius 1 is 1.15 bits per heavy atom. The lowest BCUT2D eigenvalue weighted by Gasteiger charge is -2.14. The molecule has 0 spiro atoms. The normalized spacial score (nSPS) is 12.4. The molecule has 0 saturated heterocycles. The molecule has 0 aliphatic heterocycles. The Labute approximate surface area is 162 Å². The summed E-state index contributed by atoms with van der Waals surface area (Å²) >= 11 is 0. The van der Waals surface area contributed by atoms with Crippen molar-refractivity contribution in [3.8, 4) is 11.5 Å². The van der Waals surface area contributed by atoms with Crippen molar-refractivity contribution < 1.29 is 24.1 Å². The fourth-order valence-electron chi connectivity index (χ4n) is 2.49. The third kappa shape index (κ3) is 8.78. The van der Waals surface area contributed by atoms with Gasteiger partial charge in [-0.25, -0.2) is 4.79 Å². The van der Waals surface area contributed by atoms with Crippen molar-refractivity contribution in [3.63, 3.8) is 0 Å². The molecule has 1 N–H and O–H groups in total. The molecule has 0 bridgehead atoms. The maximum absolute atomic E-state index is 10.8. The third-order valence-corrected chi connectivity index (χ3v) is 3.52. The van der Waals surface area contributed by atoms with Crippen LogP contribution in [0, 0.1) is 5.92 Å². The average molecular weight is 376 g/mol. The van der Waals surface area contributed by atoms with Gasteiger partial charge in [0.15, 0.2) is 18.1 Å². The van der Waals surface area contributed by atoms with E-state index >= 15 is 0 Å². The fraction of sp³-hybridized carbons (Fsp3) is 0.500. The van der Waals surface area contributed by atoms with Crippen molar-refractivity contribution in [1.29, 1.82) is 0 Å². The van der Waals surface area contributed by atoms with Gasteiger partial charge in [0.1, 0.15) is 0 Å². The lowest BCUT2D eigenvalue weighted by molar-refractivity contribution is -0.139. The van der Waals surface area contributed by atoms with Crippen LogP contribution in [0.4, 0.5) is 0 Å². The molecule has 0 aliphatic rings. The summed E-state index contributed by atoms with van der Waals surface area (Å²) in [5.74, 6) is 0.324. The summed E-state index contributed by atoms with van der Waals surface area (Å²) < 4.78 is 16.6. The van der Waals surface area contributed by atoms with E-state index in [0.717, 1.165) is 29.7 Å². The van der Waals surface area contributed by atoms with Gasteiger partial charge < -0.3 is 19.3 Å². The molecule has 0 atom stereocenters. The van der Waals surface area contributed by atoms with Gasteiger partial charge in [-0.05, 0) is 55.0 Å². The van der Waals surface area contributed by atoms with Gasteiger partial charge in [0.2, 0.25) is 0 Å². The molecule has 1 aromatic rings. The standard InChI is InChI=1S/C22H32O5/c1-6-10-25-14-17(5)12-19(11-16(3)4)18-8-9-20(27-15-22(23)24)21(13-18)26-7-2/h8-9,11-13,16H,6-7,10,14-15H2,1-5H3,(H,23,24)/b17-12-,19-11+. The monoisotopic (exact) mass is 376 g/mol. The molecule has 5 nitrogen and oxygen atoms in total. The highest BCUT2D eigenvalue weighted by Gasteiger charge is 2.11. The Morgan fingerprint density at radius 3 is 2.48 bits per heavy atom.